The topological polar surface area (TPSA) is 69.6 Å². The lowest BCUT2D eigenvalue weighted by Crippen LogP contribution is -2.46. The van der Waals surface area contributed by atoms with E-state index in [0.29, 0.717) is 6.42 Å². The normalized spacial score (nSPS) is 15.0. The maximum atomic E-state index is 11.0. The third kappa shape index (κ3) is 13.8. The first kappa shape index (κ1) is 23.4. The molecule has 0 radical (unpaired) electrons. The lowest BCUT2D eigenvalue weighted by atomic mass is 10.00. The van der Waals surface area contributed by atoms with Crippen LogP contribution < -0.4 is 5.32 Å². The van der Waals surface area contributed by atoms with E-state index in [-0.39, 0.29) is 5.91 Å². The monoisotopic (exact) mass is 343 g/mol. The zero-order chi connectivity index (χ0) is 18.2. The molecule has 0 aliphatic carbocycles. The first-order valence-electron chi connectivity index (χ1n) is 10.1. The molecule has 0 aromatic heterocycles. The SMILES string of the molecule is CCCCCCCCCCCCCCC(O)C(O)C(C)NC(C)=O. The molecule has 3 unspecified atom stereocenters. The molecule has 0 rings (SSSR count). The van der Waals surface area contributed by atoms with Gasteiger partial charge in [0.05, 0.1) is 18.2 Å². The van der Waals surface area contributed by atoms with E-state index in [1.165, 1.54) is 71.1 Å². The smallest absolute Gasteiger partial charge is 0.217 e. The first-order chi connectivity index (χ1) is 11.5. The number of aliphatic hydroxyl groups is 2. The Labute approximate surface area is 149 Å². The van der Waals surface area contributed by atoms with Crippen molar-refractivity contribution >= 4 is 5.91 Å². The van der Waals surface area contributed by atoms with E-state index in [4.69, 9.17) is 0 Å². The van der Waals surface area contributed by atoms with E-state index >= 15 is 0 Å². The van der Waals surface area contributed by atoms with Crippen LogP contribution in [0.4, 0.5) is 0 Å². The summed E-state index contributed by atoms with van der Waals surface area (Å²) in [4.78, 5) is 11.0. The number of amides is 1. The average molecular weight is 344 g/mol. The second kappa shape index (κ2) is 15.9. The Kier molecular flexibility index (Phi) is 15.5. The summed E-state index contributed by atoms with van der Waals surface area (Å²) >= 11 is 0. The van der Waals surface area contributed by atoms with Gasteiger partial charge < -0.3 is 15.5 Å². The van der Waals surface area contributed by atoms with Crippen molar-refractivity contribution in [1.29, 1.82) is 0 Å². The van der Waals surface area contributed by atoms with Crippen molar-refractivity contribution in [3.8, 4) is 0 Å². The molecular formula is C20H41NO3. The molecule has 1 amide bonds. The highest BCUT2D eigenvalue weighted by Crippen LogP contribution is 2.14. The molecule has 4 heteroatoms. The number of nitrogens with one attached hydrogen (secondary N) is 1. The fourth-order valence-corrected chi connectivity index (χ4v) is 3.10. The minimum Gasteiger partial charge on any atom is -0.390 e. The Morgan fingerprint density at radius 3 is 1.67 bits per heavy atom. The van der Waals surface area contributed by atoms with Gasteiger partial charge in [-0.05, 0) is 13.3 Å². The largest absolute Gasteiger partial charge is 0.390 e. The lowest BCUT2D eigenvalue weighted by molar-refractivity contribution is -0.121. The molecule has 144 valence electrons. The van der Waals surface area contributed by atoms with Crippen molar-refractivity contribution < 1.29 is 15.0 Å². The van der Waals surface area contributed by atoms with Gasteiger partial charge in [-0.2, -0.15) is 0 Å². The highest BCUT2D eigenvalue weighted by Gasteiger charge is 2.22. The maximum Gasteiger partial charge on any atom is 0.217 e. The van der Waals surface area contributed by atoms with Crippen LogP contribution in [-0.2, 0) is 4.79 Å². The number of unbranched alkanes of at least 4 members (excludes halogenated alkanes) is 11. The van der Waals surface area contributed by atoms with Crippen molar-refractivity contribution in [3.05, 3.63) is 0 Å². The van der Waals surface area contributed by atoms with Crippen LogP contribution in [0, 0.1) is 0 Å². The van der Waals surface area contributed by atoms with Crippen molar-refractivity contribution in [2.45, 2.75) is 122 Å². The van der Waals surface area contributed by atoms with Gasteiger partial charge in [0.1, 0.15) is 0 Å². The van der Waals surface area contributed by atoms with Gasteiger partial charge in [-0.15, -0.1) is 0 Å². The van der Waals surface area contributed by atoms with Gasteiger partial charge in [0.25, 0.3) is 0 Å². The van der Waals surface area contributed by atoms with E-state index in [1.807, 2.05) is 0 Å². The number of carbonyl (C=O) groups is 1. The summed E-state index contributed by atoms with van der Waals surface area (Å²) < 4.78 is 0. The van der Waals surface area contributed by atoms with Crippen LogP contribution in [0.3, 0.4) is 0 Å². The van der Waals surface area contributed by atoms with E-state index in [2.05, 4.69) is 12.2 Å². The molecule has 0 saturated heterocycles. The van der Waals surface area contributed by atoms with E-state index in [9.17, 15) is 15.0 Å². The zero-order valence-electron chi connectivity index (χ0n) is 16.2. The van der Waals surface area contributed by atoms with Crippen LogP contribution in [0.2, 0.25) is 0 Å². The Balaban J connectivity index is 3.41. The predicted molar refractivity (Wildman–Crippen MR) is 101 cm³/mol. The summed E-state index contributed by atoms with van der Waals surface area (Å²) in [6.07, 6.45) is 14.4. The summed E-state index contributed by atoms with van der Waals surface area (Å²) in [6.45, 7) is 5.39. The Morgan fingerprint density at radius 2 is 1.25 bits per heavy atom. The molecule has 0 aliphatic rings. The predicted octanol–water partition coefficient (Wildman–Crippen LogP) is 4.32. The van der Waals surface area contributed by atoms with Crippen LogP contribution in [-0.4, -0.2) is 34.4 Å². The molecule has 0 aromatic rings. The quantitative estimate of drug-likeness (QED) is 0.365. The van der Waals surface area contributed by atoms with Gasteiger partial charge in [-0.3, -0.25) is 4.79 Å². The molecule has 0 aromatic carbocycles. The summed E-state index contributed by atoms with van der Waals surface area (Å²) in [5.41, 5.74) is 0. The summed E-state index contributed by atoms with van der Waals surface area (Å²) in [7, 11) is 0. The number of carbonyl (C=O) groups excluding carboxylic acids is 1. The molecule has 4 nitrogen and oxygen atoms in total. The fraction of sp³-hybridized carbons (Fsp3) is 0.950. The molecule has 0 saturated carbocycles. The molecule has 0 fully saturated rings. The van der Waals surface area contributed by atoms with Crippen molar-refractivity contribution in [1.82, 2.24) is 5.32 Å². The van der Waals surface area contributed by atoms with E-state index < -0.39 is 18.2 Å². The van der Waals surface area contributed by atoms with Gasteiger partial charge in [-0.1, -0.05) is 84.0 Å². The Hall–Kier alpha value is -0.610. The highest BCUT2D eigenvalue weighted by molar-refractivity contribution is 5.73. The van der Waals surface area contributed by atoms with Crippen molar-refractivity contribution in [2.75, 3.05) is 0 Å². The second-order valence-corrected chi connectivity index (χ2v) is 7.22. The van der Waals surface area contributed by atoms with Crippen LogP contribution >= 0.6 is 0 Å². The van der Waals surface area contributed by atoms with Gasteiger partial charge in [-0.25, -0.2) is 0 Å². The van der Waals surface area contributed by atoms with Gasteiger partial charge >= 0.3 is 0 Å². The third-order valence-electron chi connectivity index (χ3n) is 4.69. The third-order valence-corrected chi connectivity index (χ3v) is 4.69. The standard InChI is InChI=1S/C20H41NO3/c1-4-5-6-7-8-9-10-11-12-13-14-15-16-19(23)20(24)17(2)21-18(3)22/h17,19-20,23-24H,4-16H2,1-3H3,(H,21,22). The molecule has 24 heavy (non-hydrogen) atoms. The molecular weight excluding hydrogens is 302 g/mol. The van der Waals surface area contributed by atoms with Crippen molar-refractivity contribution in [3.63, 3.8) is 0 Å². The molecule has 0 heterocycles. The lowest BCUT2D eigenvalue weighted by Gasteiger charge is -2.24. The number of rotatable bonds is 16. The summed E-state index contributed by atoms with van der Waals surface area (Å²) in [6, 6.07) is -0.408. The van der Waals surface area contributed by atoms with Crippen molar-refractivity contribution in [2.24, 2.45) is 0 Å². The molecule has 3 N–H and O–H groups in total. The second-order valence-electron chi connectivity index (χ2n) is 7.22. The molecule has 0 spiro atoms. The number of aliphatic hydroxyl groups excluding tert-OH is 2. The van der Waals surface area contributed by atoms with Gasteiger partial charge in [0.15, 0.2) is 0 Å². The Morgan fingerprint density at radius 1 is 0.833 bits per heavy atom. The average Bonchev–Trinajstić information content (AvgIpc) is 2.54. The molecule has 0 aliphatic heterocycles. The van der Waals surface area contributed by atoms with Crippen LogP contribution in [0.15, 0.2) is 0 Å². The van der Waals surface area contributed by atoms with Gasteiger partial charge in [0.2, 0.25) is 5.91 Å². The Bertz CT molecular complexity index is 297. The highest BCUT2D eigenvalue weighted by atomic mass is 16.3. The van der Waals surface area contributed by atoms with E-state index in [0.717, 1.165) is 12.8 Å². The summed E-state index contributed by atoms with van der Waals surface area (Å²) in [5, 5.41) is 22.5. The number of hydrogen-bond donors (Lipinski definition) is 3. The van der Waals surface area contributed by atoms with Gasteiger partial charge in [0, 0.05) is 6.92 Å². The fourth-order valence-electron chi connectivity index (χ4n) is 3.10. The summed E-state index contributed by atoms with van der Waals surface area (Å²) in [5.74, 6) is -0.181. The van der Waals surface area contributed by atoms with E-state index in [1.54, 1.807) is 6.92 Å². The molecule has 3 atom stereocenters. The van der Waals surface area contributed by atoms with Crippen LogP contribution in [0.1, 0.15) is 104 Å². The van der Waals surface area contributed by atoms with Crippen LogP contribution in [0.25, 0.3) is 0 Å². The minimum absolute atomic E-state index is 0.181. The minimum atomic E-state index is -0.887. The maximum absolute atomic E-state index is 11.0. The van der Waals surface area contributed by atoms with Crippen LogP contribution in [0.5, 0.6) is 0 Å². The molecule has 0 bridgehead atoms. The zero-order valence-corrected chi connectivity index (χ0v) is 16.2. The number of hydrogen-bond acceptors (Lipinski definition) is 3. The first-order valence-corrected chi connectivity index (χ1v) is 10.1.